The molecule has 7 heteroatoms. The molecular weight excluding hydrogens is 332 g/mol. The molecule has 1 amide bonds. The zero-order valence-corrected chi connectivity index (χ0v) is 15.4. The Balaban J connectivity index is 1.84. The summed E-state index contributed by atoms with van der Waals surface area (Å²) < 4.78 is 11.7. The molecule has 1 aromatic heterocycles. The molecular formula is C19H24N4O3. The summed E-state index contributed by atoms with van der Waals surface area (Å²) in [6, 6.07) is 8.96. The van der Waals surface area contributed by atoms with Gasteiger partial charge < -0.3 is 26.3 Å². The van der Waals surface area contributed by atoms with Crippen LogP contribution in [-0.2, 0) is 10.2 Å². The number of carbonyl (C=O) groups is 1. The molecule has 2 heterocycles. The van der Waals surface area contributed by atoms with Crippen molar-refractivity contribution in [2.24, 2.45) is 5.73 Å². The molecule has 5 N–H and O–H groups in total. The van der Waals surface area contributed by atoms with Crippen molar-refractivity contribution < 1.29 is 14.3 Å². The van der Waals surface area contributed by atoms with Crippen LogP contribution in [0, 0.1) is 0 Å². The van der Waals surface area contributed by atoms with E-state index in [0.717, 1.165) is 11.3 Å². The molecule has 0 saturated heterocycles. The average molecular weight is 356 g/mol. The van der Waals surface area contributed by atoms with Gasteiger partial charge in [0.15, 0.2) is 5.82 Å². The molecule has 138 valence electrons. The molecule has 7 nitrogen and oxygen atoms in total. The fraction of sp³-hybridized carbons (Fsp3) is 0.368. The van der Waals surface area contributed by atoms with E-state index in [4.69, 9.17) is 20.9 Å². The van der Waals surface area contributed by atoms with E-state index in [1.165, 1.54) is 0 Å². The van der Waals surface area contributed by atoms with Gasteiger partial charge in [0.05, 0.1) is 17.8 Å². The maximum Gasteiger partial charge on any atom is 0.243 e. The van der Waals surface area contributed by atoms with Gasteiger partial charge in [0.2, 0.25) is 11.8 Å². The quantitative estimate of drug-likeness (QED) is 0.776. The Labute approximate surface area is 152 Å². The number of pyridine rings is 1. The number of anilines is 2. The van der Waals surface area contributed by atoms with Crippen LogP contribution in [0.4, 0.5) is 11.5 Å². The monoisotopic (exact) mass is 356 g/mol. The molecule has 1 aliphatic rings. The fourth-order valence-electron chi connectivity index (χ4n) is 2.73. The lowest BCUT2D eigenvalue weighted by Crippen LogP contribution is -2.45. The number of hydrogen-bond donors (Lipinski definition) is 3. The Morgan fingerprint density at radius 1 is 1.31 bits per heavy atom. The van der Waals surface area contributed by atoms with Gasteiger partial charge in [0, 0.05) is 17.0 Å². The molecule has 26 heavy (non-hydrogen) atoms. The zero-order valence-electron chi connectivity index (χ0n) is 15.4. The topological polar surface area (TPSA) is 112 Å². The standard InChI is InChI=1S/C19H24N4O3/c1-18(2)10-25-12-6-5-7-13(15(12)18)26-14-9-8-11(16(20)23-14)22-17(24)19(3,4)21/h5-9H,10,21H2,1-4H3,(H2,20,23)(H,22,24). The number of ether oxygens (including phenoxy) is 2. The lowest BCUT2D eigenvalue weighted by atomic mass is 9.86. The molecule has 0 unspecified atom stereocenters. The van der Waals surface area contributed by atoms with Gasteiger partial charge >= 0.3 is 0 Å². The van der Waals surface area contributed by atoms with Crippen molar-refractivity contribution in [3.05, 3.63) is 35.9 Å². The van der Waals surface area contributed by atoms with Gasteiger partial charge in [0.1, 0.15) is 11.5 Å². The zero-order chi connectivity index (χ0) is 19.1. The summed E-state index contributed by atoms with van der Waals surface area (Å²) in [5.74, 6) is 1.64. The highest BCUT2D eigenvalue weighted by Crippen LogP contribution is 2.45. The van der Waals surface area contributed by atoms with Crippen LogP contribution >= 0.6 is 0 Å². The lowest BCUT2D eigenvalue weighted by molar-refractivity contribution is -0.120. The highest BCUT2D eigenvalue weighted by molar-refractivity contribution is 5.99. The van der Waals surface area contributed by atoms with Crippen LogP contribution in [0.25, 0.3) is 0 Å². The SMILES string of the molecule is CC(C)(N)C(=O)Nc1ccc(Oc2cccc3c2C(C)(C)CO3)nc1N. The fourth-order valence-corrected chi connectivity index (χ4v) is 2.73. The molecule has 0 bridgehead atoms. The first-order valence-electron chi connectivity index (χ1n) is 8.39. The summed E-state index contributed by atoms with van der Waals surface area (Å²) >= 11 is 0. The van der Waals surface area contributed by atoms with E-state index in [0.29, 0.717) is 23.9 Å². The van der Waals surface area contributed by atoms with E-state index in [9.17, 15) is 4.79 Å². The highest BCUT2D eigenvalue weighted by atomic mass is 16.5. The second kappa shape index (κ2) is 6.17. The number of rotatable bonds is 4. The molecule has 0 fully saturated rings. The lowest BCUT2D eigenvalue weighted by Gasteiger charge is -2.20. The third-order valence-electron chi connectivity index (χ3n) is 4.20. The van der Waals surface area contributed by atoms with Crippen molar-refractivity contribution in [2.75, 3.05) is 17.7 Å². The van der Waals surface area contributed by atoms with Gasteiger partial charge in [-0.1, -0.05) is 19.9 Å². The summed E-state index contributed by atoms with van der Waals surface area (Å²) in [6.07, 6.45) is 0. The summed E-state index contributed by atoms with van der Waals surface area (Å²) in [6.45, 7) is 8.02. The minimum atomic E-state index is -1.02. The predicted octanol–water partition coefficient (Wildman–Crippen LogP) is 2.80. The molecule has 0 aliphatic carbocycles. The highest BCUT2D eigenvalue weighted by Gasteiger charge is 2.35. The minimum Gasteiger partial charge on any atom is -0.492 e. The first-order valence-corrected chi connectivity index (χ1v) is 8.39. The van der Waals surface area contributed by atoms with E-state index in [-0.39, 0.29) is 17.1 Å². The van der Waals surface area contributed by atoms with Crippen LogP contribution in [-0.4, -0.2) is 23.0 Å². The molecule has 0 atom stereocenters. The second-order valence-electron chi connectivity index (χ2n) is 7.66. The number of amides is 1. The van der Waals surface area contributed by atoms with Crippen LogP contribution in [0.5, 0.6) is 17.4 Å². The minimum absolute atomic E-state index is 0.155. The number of carbonyl (C=O) groups excluding carboxylic acids is 1. The Bertz CT molecular complexity index is 856. The van der Waals surface area contributed by atoms with Crippen LogP contribution in [0.3, 0.4) is 0 Å². The number of fused-ring (bicyclic) bond motifs is 1. The van der Waals surface area contributed by atoms with Crippen molar-refractivity contribution >= 4 is 17.4 Å². The molecule has 2 aromatic rings. The molecule has 1 aromatic carbocycles. The summed E-state index contributed by atoms with van der Waals surface area (Å²) in [7, 11) is 0. The van der Waals surface area contributed by atoms with E-state index in [1.807, 2.05) is 18.2 Å². The van der Waals surface area contributed by atoms with Crippen LogP contribution in [0.1, 0.15) is 33.3 Å². The van der Waals surface area contributed by atoms with Crippen molar-refractivity contribution in [3.8, 4) is 17.4 Å². The molecule has 0 spiro atoms. The molecule has 0 saturated carbocycles. The number of benzene rings is 1. The Kier molecular flexibility index (Phi) is 4.28. The first-order chi connectivity index (χ1) is 12.1. The predicted molar refractivity (Wildman–Crippen MR) is 101 cm³/mol. The van der Waals surface area contributed by atoms with Crippen LogP contribution < -0.4 is 26.3 Å². The number of nitrogens with two attached hydrogens (primary N) is 2. The van der Waals surface area contributed by atoms with Crippen molar-refractivity contribution in [2.45, 2.75) is 38.6 Å². The smallest absolute Gasteiger partial charge is 0.243 e. The Morgan fingerprint density at radius 3 is 2.69 bits per heavy atom. The van der Waals surface area contributed by atoms with Gasteiger partial charge in [-0.25, -0.2) is 0 Å². The largest absolute Gasteiger partial charge is 0.492 e. The third-order valence-corrected chi connectivity index (χ3v) is 4.20. The maximum absolute atomic E-state index is 12.0. The second-order valence-corrected chi connectivity index (χ2v) is 7.66. The normalized spacial score (nSPS) is 15.1. The van der Waals surface area contributed by atoms with Crippen LogP contribution in [0.2, 0.25) is 0 Å². The average Bonchev–Trinajstić information content (AvgIpc) is 2.85. The third kappa shape index (κ3) is 3.43. The Morgan fingerprint density at radius 2 is 2.04 bits per heavy atom. The van der Waals surface area contributed by atoms with Crippen LogP contribution in [0.15, 0.2) is 30.3 Å². The van der Waals surface area contributed by atoms with Crippen molar-refractivity contribution in [3.63, 3.8) is 0 Å². The summed E-state index contributed by atoms with van der Waals surface area (Å²) in [5, 5.41) is 2.67. The van der Waals surface area contributed by atoms with E-state index >= 15 is 0 Å². The van der Waals surface area contributed by atoms with Gasteiger partial charge in [-0.05, 0) is 32.0 Å². The van der Waals surface area contributed by atoms with Gasteiger partial charge in [-0.3, -0.25) is 4.79 Å². The number of nitrogens with zero attached hydrogens (tertiary/aromatic N) is 1. The maximum atomic E-state index is 12.0. The number of aromatic nitrogens is 1. The number of hydrogen-bond acceptors (Lipinski definition) is 6. The van der Waals surface area contributed by atoms with Gasteiger partial charge in [0.25, 0.3) is 0 Å². The Hall–Kier alpha value is -2.80. The van der Waals surface area contributed by atoms with Gasteiger partial charge in [-0.15, -0.1) is 0 Å². The van der Waals surface area contributed by atoms with E-state index < -0.39 is 5.54 Å². The first kappa shape index (κ1) is 18.0. The summed E-state index contributed by atoms with van der Waals surface area (Å²) in [5.41, 5.74) is 12.0. The van der Waals surface area contributed by atoms with Gasteiger partial charge in [-0.2, -0.15) is 4.98 Å². The van der Waals surface area contributed by atoms with Crippen molar-refractivity contribution in [1.82, 2.24) is 4.98 Å². The molecule has 1 aliphatic heterocycles. The van der Waals surface area contributed by atoms with E-state index in [2.05, 4.69) is 24.1 Å². The number of nitrogens with one attached hydrogen (secondary N) is 1. The molecule has 0 radical (unpaired) electrons. The summed E-state index contributed by atoms with van der Waals surface area (Å²) in [4.78, 5) is 16.2. The van der Waals surface area contributed by atoms with Crippen molar-refractivity contribution in [1.29, 1.82) is 0 Å². The molecule has 3 rings (SSSR count). The number of nitrogen functional groups attached to an aromatic ring is 1. The van der Waals surface area contributed by atoms with E-state index in [1.54, 1.807) is 26.0 Å².